The van der Waals surface area contributed by atoms with Crippen molar-refractivity contribution in [3.05, 3.63) is 16.1 Å². The summed E-state index contributed by atoms with van der Waals surface area (Å²) >= 11 is 1.58. The van der Waals surface area contributed by atoms with E-state index in [1.165, 1.54) is 0 Å². The quantitative estimate of drug-likeness (QED) is 0.832. The Morgan fingerprint density at radius 3 is 2.62 bits per heavy atom. The van der Waals surface area contributed by atoms with Crippen molar-refractivity contribution >= 4 is 23.3 Å². The van der Waals surface area contributed by atoms with Gasteiger partial charge in [0.1, 0.15) is 5.01 Å². The number of thiazole rings is 1. The standard InChI is InChI=1S/C17H25N3O3S/c1-16(2,3)12-11-24-13(19-12)10-18-15(22)20-7-4-17(5-8-20)6-9-23-14(17)21/h11H,4-10H2,1-3H3,(H,18,22). The van der Waals surface area contributed by atoms with Gasteiger partial charge in [-0.1, -0.05) is 20.8 Å². The lowest BCUT2D eigenvalue weighted by Crippen LogP contribution is -2.48. The lowest BCUT2D eigenvalue weighted by Gasteiger charge is -2.36. The van der Waals surface area contributed by atoms with Crippen LogP contribution < -0.4 is 5.32 Å². The number of urea groups is 1. The zero-order chi connectivity index (χ0) is 17.4. The number of hydrogen-bond donors (Lipinski definition) is 1. The molecule has 2 aliphatic rings. The van der Waals surface area contributed by atoms with Crippen LogP contribution in [0, 0.1) is 5.41 Å². The number of ether oxygens (including phenoxy) is 1. The molecule has 132 valence electrons. The molecular weight excluding hydrogens is 326 g/mol. The summed E-state index contributed by atoms with van der Waals surface area (Å²) in [7, 11) is 0. The normalized spacial score (nSPS) is 20.3. The Labute approximate surface area is 146 Å². The Morgan fingerprint density at radius 1 is 1.38 bits per heavy atom. The highest BCUT2D eigenvalue weighted by Gasteiger charge is 2.46. The van der Waals surface area contributed by atoms with Crippen LogP contribution in [0.3, 0.4) is 0 Å². The first-order valence-corrected chi connectivity index (χ1v) is 9.33. The molecule has 2 saturated heterocycles. The second-order valence-corrected chi connectivity index (χ2v) is 8.63. The molecule has 0 saturated carbocycles. The summed E-state index contributed by atoms with van der Waals surface area (Å²) in [5.74, 6) is -0.0833. The fraction of sp³-hybridized carbons (Fsp3) is 0.706. The molecule has 2 aliphatic heterocycles. The van der Waals surface area contributed by atoms with Crippen LogP contribution in [0.2, 0.25) is 0 Å². The molecule has 0 bridgehead atoms. The van der Waals surface area contributed by atoms with Crippen LogP contribution >= 0.6 is 11.3 Å². The summed E-state index contributed by atoms with van der Waals surface area (Å²) in [5, 5.41) is 5.91. The van der Waals surface area contributed by atoms with Crippen LogP contribution in [0.15, 0.2) is 5.38 Å². The van der Waals surface area contributed by atoms with Crippen LogP contribution in [0.4, 0.5) is 4.79 Å². The van der Waals surface area contributed by atoms with Crippen LogP contribution in [-0.2, 0) is 21.5 Å². The number of likely N-dealkylation sites (tertiary alicyclic amines) is 1. The summed E-state index contributed by atoms with van der Waals surface area (Å²) in [6.45, 7) is 8.55. The number of esters is 1. The number of carbonyl (C=O) groups excluding carboxylic acids is 2. The topological polar surface area (TPSA) is 71.5 Å². The molecule has 3 rings (SSSR count). The first-order chi connectivity index (χ1) is 11.3. The van der Waals surface area contributed by atoms with Crippen molar-refractivity contribution in [1.29, 1.82) is 0 Å². The minimum absolute atomic E-state index is 0.0236. The largest absolute Gasteiger partial charge is 0.465 e. The van der Waals surface area contributed by atoms with Gasteiger partial charge in [0.15, 0.2) is 0 Å². The minimum Gasteiger partial charge on any atom is -0.465 e. The average Bonchev–Trinajstić information content (AvgIpc) is 3.14. The molecule has 2 amide bonds. The third-order valence-electron chi connectivity index (χ3n) is 4.97. The maximum absolute atomic E-state index is 12.3. The summed E-state index contributed by atoms with van der Waals surface area (Å²) in [6, 6.07) is -0.0799. The van der Waals surface area contributed by atoms with Crippen LogP contribution in [0.1, 0.15) is 50.7 Å². The zero-order valence-corrected chi connectivity index (χ0v) is 15.4. The molecule has 3 heterocycles. The fourth-order valence-corrected chi connectivity index (χ4v) is 4.15. The van der Waals surface area contributed by atoms with Crippen molar-refractivity contribution in [3.63, 3.8) is 0 Å². The van der Waals surface area contributed by atoms with E-state index >= 15 is 0 Å². The molecule has 0 unspecified atom stereocenters. The van der Waals surface area contributed by atoms with Gasteiger partial charge in [-0.25, -0.2) is 9.78 Å². The van der Waals surface area contributed by atoms with E-state index in [0.717, 1.165) is 17.1 Å². The summed E-state index contributed by atoms with van der Waals surface area (Å²) < 4.78 is 5.11. The van der Waals surface area contributed by atoms with Gasteiger partial charge in [-0.3, -0.25) is 4.79 Å². The van der Waals surface area contributed by atoms with E-state index in [0.29, 0.717) is 39.1 Å². The molecule has 7 heteroatoms. The Hall–Kier alpha value is -1.63. The summed E-state index contributed by atoms with van der Waals surface area (Å²) in [6.07, 6.45) is 2.19. The lowest BCUT2D eigenvalue weighted by atomic mass is 9.77. The molecule has 0 radical (unpaired) electrons. The van der Waals surface area contributed by atoms with Crippen molar-refractivity contribution in [3.8, 4) is 0 Å². The Morgan fingerprint density at radius 2 is 2.08 bits per heavy atom. The summed E-state index contributed by atoms with van der Waals surface area (Å²) in [5.41, 5.74) is 0.736. The highest BCUT2D eigenvalue weighted by molar-refractivity contribution is 7.09. The zero-order valence-electron chi connectivity index (χ0n) is 14.6. The molecule has 1 spiro atoms. The van der Waals surface area contributed by atoms with Crippen molar-refractivity contribution in [1.82, 2.24) is 15.2 Å². The van der Waals surface area contributed by atoms with Crippen LogP contribution in [0.25, 0.3) is 0 Å². The first kappa shape index (κ1) is 17.2. The Kier molecular flexibility index (Phi) is 4.55. The first-order valence-electron chi connectivity index (χ1n) is 8.45. The van der Waals surface area contributed by atoms with Crippen molar-refractivity contribution in [2.75, 3.05) is 19.7 Å². The maximum atomic E-state index is 12.3. The van der Waals surface area contributed by atoms with Gasteiger partial charge in [-0.2, -0.15) is 0 Å². The monoisotopic (exact) mass is 351 g/mol. The number of rotatable bonds is 2. The van der Waals surface area contributed by atoms with Crippen molar-refractivity contribution in [2.24, 2.45) is 5.41 Å². The van der Waals surface area contributed by atoms with Gasteiger partial charge in [0, 0.05) is 23.9 Å². The second-order valence-electron chi connectivity index (χ2n) is 7.69. The molecule has 1 N–H and O–H groups in total. The Balaban J connectivity index is 1.50. The van der Waals surface area contributed by atoms with Gasteiger partial charge >= 0.3 is 12.0 Å². The van der Waals surface area contributed by atoms with Crippen molar-refractivity contribution < 1.29 is 14.3 Å². The molecule has 0 aromatic carbocycles. The van der Waals surface area contributed by atoms with Gasteiger partial charge in [0.25, 0.3) is 0 Å². The Bertz CT molecular complexity index is 627. The van der Waals surface area contributed by atoms with E-state index < -0.39 is 0 Å². The highest BCUT2D eigenvalue weighted by Crippen LogP contribution is 2.40. The lowest BCUT2D eigenvalue weighted by molar-refractivity contribution is -0.148. The number of amides is 2. The van der Waals surface area contributed by atoms with E-state index in [2.05, 4.69) is 36.5 Å². The SMILES string of the molecule is CC(C)(C)c1csc(CNC(=O)N2CCC3(CCOC3=O)CC2)n1. The van der Waals surface area contributed by atoms with E-state index in [-0.39, 0.29) is 22.8 Å². The van der Waals surface area contributed by atoms with E-state index in [1.54, 1.807) is 16.2 Å². The van der Waals surface area contributed by atoms with Gasteiger partial charge in [0.05, 0.1) is 24.3 Å². The summed E-state index contributed by atoms with van der Waals surface area (Å²) in [4.78, 5) is 30.6. The predicted molar refractivity (Wildman–Crippen MR) is 91.9 cm³/mol. The molecule has 1 aromatic heterocycles. The van der Waals surface area contributed by atoms with Gasteiger partial charge in [-0.05, 0) is 19.3 Å². The highest BCUT2D eigenvalue weighted by atomic mass is 32.1. The van der Waals surface area contributed by atoms with Crippen LogP contribution in [0.5, 0.6) is 0 Å². The van der Waals surface area contributed by atoms with E-state index in [9.17, 15) is 9.59 Å². The number of cyclic esters (lactones) is 1. The fourth-order valence-electron chi connectivity index (χ4n) is 3.19. The van der Waals surface area contributed by atoms with Gasteiger partial charge < -0.3 is 15.0 Å². The van der Waals surface area contributed by atoms with Crippen molar-refractivity contribution in [2.45, 2.75) is 52.0 Å². The van der Waals surface area contributed by atoms with Crippen LogP contribution in [-0.4, -0.2) is 41.6 Å². The van der Waals surface area contributed by atoms with Gasteiger partial charge in [-0.15, -0.1) is 11.3 Å². The molecular formula is C17H25N3O3S. The molecule has 6 nitrogen and oxygen atoms in total. The smallest absolute Gasteiger partial charge is 0.317 e. The van der Waals surface area contributed by atoms with E-state index in [1.807, 2.05) is 0 Å². The van der Waals surface area contributed by atoms with E-state index in [4.69, 9.17) is 4.74 Å². The third kappa shape index (κ3) is 3.41. The molecule has 0 atom stereocenters. The van der Waals surface area contributed by atoms with Gasteiger partial charge in [0.2, 0.25) is 0 Å². The number of carbonyl (C=O) groups is 2. The number of piperidine rings is 1. The number of nitrogens with zero attached hydrogens (tertiary/aromatic N) is 2. The maximum Gasteiger partial charge on any atom is 0.317 e. The number of nitrogens with one attached hydrogen (secondary N) is 1. The number of hydrogen-bond acceptors (Lipinski definition) is 5. The predicted octanol–water partition coefficient (Wildman–Crippen LogP) is 2.68. The molecule has 1 aromatic rings. The second kappa shape index (κ2) is 6.35. The average molecular weight is 351 g/mol. The number of aromatic nitrogens is 1. The molecule has 2 fully saturated rings. The minimum atomic E-state index is -0.340. The molecule has 24 heavy (non-hydrogen) atoms. The molecule has 0 aliphatic carbocycles. The third-order valence-corrected chi connectivity index (χ3v) is 5.81.